The molecule has 0 radical (unpaired) electrons. The van der Waals surface area contributed by atoms with Gasteiger partial charge in [-0.25, -0.2) is 8.42 Å². The van der Waals surface area contributed by atoms with Gasteiger partial charge in [0.15, 0.2) is 0 Å². The predicted octanol–water partition coefficient (Wildman–Crippen LogP) is 2.91. The van der Waals surface area contributed by atoms with Gasteiger partial charge < -0.3 is 14.7 Å². The quantitative estimate of drug-likeness (QED) is 0.741. The SMILES string of the molecule is CC(=O)N(C)C[C@@H]1Oc2cc(-c3ccc(C)cc3)ccc2S(=O)(=O)N([C@H](C)CO)C[C@H]1C. The number of hydrogen-bond donors (Lipinski definition) is 1. The molecule has 1 amide bonds. The van der Waals surface area contributed by atoms with Crippen molar-refractivity contribution in [2.75, 3.05) is 26.7 Å². The highest BCUT2D eigenvalue weighted by Gasteiger charge is 2.38. The molecule has 0 fully saturated rings. The molecule has 1 aliphatic rings. The molecule has 2 aromatic carbocycles. The molecular weight excluding hydrogens is 428 g/mol. The first-order valence-electron chi connectivity index (χ1n) is 10.8. The third kappa shape index (κ3) is 4.98. The lowest BCUT2D eigenvalue weighted by molar-refractivity contribution is -0.129. The van der Waals surface area contributed by atoms with Crippen LogP contribution in [0.1, 0.15) is 26.3 Å². The van der Waals surface area contributed by atoms with Crippen molar-refractivity contribution in [2.24, 2.45) is 5.92 Å². The smallest absolute Gasteiger partial charge is 0.247 e. The minimum absolute atomic E-state index is 0.0658. The Labute approximate surface area is 190 Å². The second kappa shape index (κ2) is 9.60. The summed E-state index contributed by atoms with van der Waals surface area (Å²) < 4.78 is 34.7. The highest BCUT2D eigenvalue weighted by molar-refractivity contribution is 7.89. The summed E-state index contributed by atoms with van der Waals surface area (Å²) in [5, 5.41) is 9.72. The van der Waals surface area contributed by atoms with Crippen LogP contribution >= 0.6 is 0 Å². The maximum Gasteiger partial charge on any atom is 0.247 e. The zero-order chi connectivity index (χ0) is 23.6. The molecule has 1 aliphatic heterocycles. The fourth-order valence-electron chi connectivity index (χ4n) is 3.77. The van der Waals surface area contributed by atoms with Gasteiger partial charge in [-0.3, -0.25) is 4.79 Å². The van der Waals surface area contributed by atoms with Crippen LogP contribution in [0.4, 0.5) is 0 Å². The van der Waals surface area contributed by atoms with Crippen molar-refractivity contribution < 1.29 is 23.1 Å². The number of benzene rings is 2. The number of ether oxygens (including phenoxy) is 1. The molecule has 7 nitrogen and oxygen atoms in total. The summed E-state index contributed by atoms with van der Waals surface area (Å²) in [6, 6.07) is 12.5. The normalized spacial score (nSPS) is 21.6. The Morgan fingerprint density at radius 3 is 2.44 bits per heavy atom. The number of nitrogens with zero attached hydrogens (tertiary/aromatic N) is 2. The van der Waals surface area contributed by atoms with Crippen LogP contribution in [0.3, 0.4) is 0 Å². The minimum atomic E-state index is -3.89. The number of aliphatic hydroxyl groups is 1. The van der Waals surface area contributed by atoms with Crippen molar-refractivity contribution in [1.29, 1.82) is 0 Å². The summed E-state index contributed by atoms with van der Waals surface area (Å²) in [4.78, 5) is 13.5. The number of aryl methyl sites for hydroxylation is 1. The van der Waals surface area contributed by atoms with Gasteiger partial charge in [0.05, 0.1) is 13.2 Å². The number of sulfonamides is 1. The van der Waals surface area contributed by atoms with Crippen LogP contribution < -0.4 is 4.74 Å². The van der Waals surface area contributed by atoms with E-state index >= 15 is 0 Å². The Balaban J connectivity index is 2.13. The standard InChI is InChI=1S/C24H32N2O5S/c1-16-6-8-20(9-7-16)21-10-11-24-22(12-21)31-23(14-25(5)19(4)28)17(2)13-26(18(3)15-27)32(24,29)30/h6-12,17-18,23,27H,13-15H2,1-5H3/t17-,18-,23+/m1/s1. The predicted molar refractivity (Wildman–Crippen MR) is 124 cm³/mol. The lowest BCUT2D eigenvalue weighted by atomic mass is 10.0. The fourth-order valence-corrected chi connectivity index (χ4v) is 5.59. The Bertz CT molecular complexity index is 1070. The summed E-state index contributed by atoms with van der Waals surface area (Å²) >= 11 is 0. The second-order valence-electron chi connectivity index (χ2n) is 8.67. The molecule has 3 rings (SSSR count). The molecule has 1 N–H and O–H groups in total. The topological polar surface area (TPSA) is 87.2 Å². The molecule has 0 spiro atoms. The van der Waals surface area contributed by atoms with E-state index in [0.717, 1.165) is 16.7 Å². The van der Waals surface area contributed by atoms with E-state index in [-0.39, 0.29) is 35.6 Å². The number of carbonyl (C=O) groups is 1. The van der Waals surface area contributed by atoms with Crippen LogP contribution in [0.2, 0.25) is 0 Å². The van der Waals surface area contributed by atoms with E-state index in [0.29, 0.717) is 6.54 Å². The second-order valence-corrected chi connectivity index (χ2v) is 10.5. The van der Waals surface area contributed by atoms with E-state index in [1.54, 1.807) is 37.1 Å². The van der Waals surface area contributed by atoms with E-state index in [1.807, 2.05) is 38.1 Å². The van der Waals surface area contributed by atoms with Crippen molar-refractivity contribution >= 4 is 15.9 Å². The fraction of sp³-hybridized carbons (Fsp3) is 0.458. The van der Waals surface area contributed by atoms with E-state index < -0.39 is 22.2 Å². The largest absolute Gasteiger partial charge is 0.487 e. The summed E-state index contributed by atoms with van der Waals surface area (Å²) in [6.45, 7) is 7.30. The number of aliphatic hydroxyl groups excluding tert-OH is 1. The number of hydrogen-bond acceptors (Lipinski definition) is 5. The van der Waals surface area contributed by atoms with Crippen molar-refractivity contribution in [3.63, 3.8) is 0 Å². The molecule has 3 atom stereocenters. The average molecular weight is 461 g/mol. The molecule has 32 heavy (non-hydrogen) atoms. The van der Waals surface area contributed by atoms with Crippen LogP contribution in [-0.4, -0.2) is 67.5 Å². The highest BCUT2D eigenvalue weighted by Crippen LogP contribution is 2.36. The number of carbonyl (C=O) groups excluding carboxylic acids is 1. The first-order chi connectivity index (χ1) is 15.0. The summed E-state index contributed by atoms with van der Waals surface area (Å²) in [7, 11) is -2.19. The zero-order valence-corrected chi connectivity index (χ0v) is 20.1. The van der Waals surface area contributed by atoms with Crippen molar-refractivity contribution in [2.45, 2.75) is 44.7 Å². The monoisotopic (exact) mass is 460 g/mol. The van der Waals surface area contributed by atoms with Gasteiger partial charge in [-0.05, 0) is 37.1 Å². The van der Waals surface area contributed by atoms with E-state index in [4.69, 9.17) is 4.74 Å². The lowest BCUT2D eigenvalue weighted by Gasteiger charge is -2.37. The van der Waals surface area contributed by atoms with Crippen LogP contribution in [0.5, 0.6) is 5.75 Å². The van der Waals surface area contributed by atoms with Crippen LogP contribution in [-0.2, 0) is 14.8 Å². The van der Waals surface area contributed by atoms with Crippen LogP contribution in [0, 0.1) is 12.8 Å². The van der Waals surface area contributed by atoms with Gasteiger partial charge in [0.1, 0.15) is 16.7 Å². The lowest BCUT2D eigenvalue weighted by Crippen LogP contribution is -2.50. The Morgan fingerprint density at radius 2 is 1.84 bits per heavy atom. The van der Waals surface area contributed by atoms with Crippen molar-refractivity contribution in [1.82, 2.24) is 9.21 Å². The van der Waals surface area contributed by atoms with Gasteiger partial charge in [-0.2, -0.15) is 4.31 Å². The molecule has 0 aromatic heterocycles. The minimum Gasteiger partial charge on any atom is -0.487 e. The number of amides is 1. The molecule has 1 heterocycles. The summed E-state index contributed by atoms with van der Waals surface area (Å²) in [6.07, 6.45) is -0.417. The number of likely N-dealkylation sites (N-methyl/N-ethyl adjacent to an activating group) is 1. The molecule has 2 aromatic rings. The summed E-state index contributed by atoms with van der Waals surface area (Å²) in [5.74, 6) is -0.0480. The summed E-state index contributed by atoms with van der Waals surface area (Å²) in [5.41, 5.74) is 2.92. The molecule has 0 aliphatic carbocycles. The van der Waals surface area contributed by atoms with E-state index in [1.165, 1.54) is 11.2 Å². The molecule has 0 unspecified atom stereocenters. The number of fused-ring (bicyclic) bond motifs is 1. The van der Waals surface area contributed by atoms with E-state index in [2.05, 4.69) is 0 Å². The maximum absolute atomic E-state index is 13.5. The van der Waals surface area contributed by atoms with E-state index in [9.17, 15) is 18.3 Å². The molecule has 0 bridgehead atoms. The first kappa shape index (κ1) is 24.2. The van der Waals surface area contributed by atoms with Gasteiger partial charge in [-0.15, -0.1) is 0 Å². The van der Waals surface area contributed by atoms with Gasteiger partial charge >= 0.3 is 0 Å². The highest BCUT2D eigenvalue weighted by atomic mass is 32.2. The Kier molecular flexibility index (Phi) is 7.27. The van der Waals surface area contributed by atoms with Crippen LogP contribution in [0.25, 0.3) is 11.1 Å². The molecular formula is C24H32N2O5S. The molecule has 0 saturated carbocycles. The molecule has 174 valence electrons. The van der Waals surface area contributed by atoms with Gasteiger partial charge in [0.25, 0.3) is 0 Å². The average Bonchev–Trinajstić information content (AvgIpc) is 2.75. The van der Waals surface area contributed by atoms with Crippen molar-refractivity contribution in [3.05, 3.63) is 48.0 Å². The van der Waals surface area contributed by atoms with Gasteiger partial charge in [-0.1, -0.05) is 42.8 Å². The van der Waals surface area contributed by atoms with Gasteiger partial charge in [0.2, 0.25) is 15.9 Å². The Hall–Kier alpha value is -2.42. The number of rotatable bonds is 5. The third-order valence-electron chi connectivity index (χ3n) is 6.04. The molecule has 8 heteroatoms. The van der Waals surface area contributed by atoms with Crippen molar-refractivity contribution in [3.8, 4) is 16.9 Å². The maximum atomic E-state index is 13.5. The van der Waals surface area contributed by atoms with Gasteiger partial charge in [0, 0.05) is 32.5 Å². The molecule has 0 saturated heterocycles. The first-order valence-corrected chi connectivity index (χ1v) is 12.2. The third-order valence-corrected chi connectivity index (χ3v) is 8.06. The Morgan fingerprint density at radius 1 is 1.22 bits per heavy atom. The van der Waals surface area contributed by atoms with Crippen LogP contribution in [0.15, 0.2) is 47.4 Å². The zero-order valence-electron chi connectivity index (χ0n) is 19.3.